The van der Waals surface area contributed by atoms with Gasteiger partial charge in [-0.05, 0) is 52.1 Å². The first-order chi connectivity index (χ1) is 10.8. The molecule has 0 radical (unpaired) electrons. The standard InChI is InChI=1S/C19H17NOS/c21-19(20-12-10-15-11-13-22-14-15)18-8-6-17(7-9-18)16-4-2-1-3-5-16/h1-9,11,13-14H,10,12H2,(H,20,21). The molecule has 0 fully saturated rings. The first kappa shape index (κ1) is 14.5. The van der Waals surface area contributed by atoms with Gasteiger partial charge in [0.1, 0.15) is 0 Å². The van der Waals surface area contributed by atoms with Crippen LogP contribution in [0.2, 0.25) is 0 Å². The van der Waals surface area contributed by atoms with Gasteiger partial charge in [0.05, 0.1) is 0 Å². The van der Waals surface area contributed by atoms with Crippen LogP contribution in [0.3, 0.4) is 0 Å². The van der Waals surface area contributed by atoms with Crippen LogP contribution in [0.1, 0.15) is 15.9 Å². The topological polar surface area (TPSA) is 29.1 Å². The molecular weight excluding hydrogens is 290 g/mol. The van der Waals surface area contributed by atoms with Crippen LogP contribution in [-0.2, 0) is 6.42 Å². The lowest BCUT2D eigenvalue weighted by molar-refractivity contribution is 0.0954. The number of benzene rings is 2. The molecule has 2 nitrogen and oxygen atoms in total. The Morgan fingerprint density at radius 1 is 0.909 bits per heavy atom. The van der Waals surface area contributed by atoms with Crippen LogP contribution >= 0.6 is 11.3 Å². The zero-order chi connectivity index (χ0) is 15.2. The van der Waals surface area contributed by atoms with Crippen LogP contribution < -0.4 is 5.32 Å². The SMILES string of the molecule is O=C(NCCc1ccsc1)c1ccc(-c2ccccc2)cc1. The molecule has 22 heavy (non-hydrogen) atoms. The van der Waals surface area contributed by atoms with E-state index in [0.29, 0.717) is 12.1 Å². The minimum atomic E-state index is -0.0187. The molecular formula is C19H17NOS. The Kier molecular flexibility index (Phi) is 4.66. The highest BCUT2D eigenvalue weighted by Crippen LogP contribution is 2.19. The van der Waals surface area contributed by atoms with Gasteiger partial charge >= 0.3 is 0 Å². The van der Waals surface area contributed by atoms with Gasteiger partial charge in [-0.3, -0.25) is 4.79 Å². The van der Waals surface area contributed by atoms with Gasteiger partial charge in [0, 0.05) is 12.1 Å². The summed E-state index contributed by atoms with van der Waals surface area (Å²) in [5.41, 5.74) is 4.25. The monoisotopic (exact) mass is 307 g/mol. The number of hydrogen-bond acceptors (Lipinski definition) is 2. The molecule has 0 aliphatic rings. The first-order valence-electron chi connectivity index (χ1n) is 7.28. The van der Waals surface area contributed by atoms with E-state index in [0.717, 1.165) is 17.5 Å². The van der Waals surface area contributed by atoms with Gasteiger partial charge < -0.3 is 5.32 Å². The van der Waals surface area contributed by atoms with Crippen molar-refractivity contribution in [3.63, 3.8) is 0 Å². The molecule has 2 aromatic carbocycles. The maximum Gasteiger partial charge on any atom is 0.251 e. The summed E-state index contributed by atoms with van der Waals surface area (Å²) in [6, 6.07) is 20.0. The Morgan fingerprint density at radius 3 is 2.32 bits per heavy atom. The largest absolute Gasteiger partial charge is 0.352 e. The number of carbonyl (C=O) groups is 1. The molecule has 0 unspecified atom stereocenters. The predicted molar refractivity (Wildman–Crippen MR) is 92.2 cm³/mol. The minimum Gasteiger partial charge on any atom is -0.352 e. The highest BCUT2D eigenvalue weighted by atomic mass is 32.1. The molecule has 0 bridgehead atoms. The second kappa shape index (κ2) is 7.05. The maximum absolute atomic E-state index is 12.1. The van der Waals surface area contributed by atoms with Crippen molar-refractivity contribution in [2.45, 2.75) is 6.42 Å². The Hall–Kier alpha value is -2.39. The van der Waals surface area contributed by atoms with E-state index in [1.807, 2.05) is 42.5 Å². The summed E-state index contributed by atoms with van der Waals surface area (Å²) in [7, 11) is 0. The molecule has 1 heterocycles. The predicted octanol–water partition coefficient (Wildman–Crippen LogP) is 4.39. The van der Waals surface area contributed by atoms with Gasteiger partial charge in [-0.1, -0.05) is 42.5 Å². The number of amides is 1. The molecule has 0 aliphatic heterocycles. The summed E-state index contributed by atoms with van der Waals surface area (Å²) in [6.07, 6.45) is 0.872. The zero-order valence-electron chi connectivity index (χ0n) is 12.2. The Labute approximate surface area is 134 Å². The molecule has 3 aromatic rings. The van der Waals surface area contributed by atoms with Crippen LogP contribution in [0, 0.1) is 0 Å². The number of rotatable bonds is 5. The van der Waals surface area contributed by atoms with Crippen molar-refractivity contribution in [1.29, 1.82) is 0 Å². The third-order valence-corrected chi connectivity index (χ3v) is 4.27. The molecule has 3 rings (SSSR count). The minimum absolute atomic E-state index is 0.0187. The van der Waals surface area contributed by atoms with Crippen molar-refractivity contribution in [2.75, 3.05) is 6.54 Å². The Bertz CT molecular complexity index is 718. The fraction of sp³-hybridized carbons (Fsp3) is 0.105. The molecule has 1 aromatic heterocycles. The molecule has 1 amide bonds. The van der Waals surface area contributed by atoms with Gasteiger partial charge in [0.2, 0.25) is 0 Å². The van der Waals surface area contributed by atoms with Gasteiger partial charge in [0.15, 0.2) is 0 Å². The van der Waals surface area contributed by atoms with Crippen molar-refractivity contribution >= 4 is 17.2 Å². The van der Waals surface area contributed by atoms with Gasteiger partial charge in [-0.25, -0.2) is 0 Å². The van der Waals surface area contributed by atoms with E-state index in [1.54, 1.807) is 11.3 Å². The average molecular weight is 307 g/mol. The van der Waals surface area contributed by atoms with Crippen LogP contribution in [0.15, 0.2) is 71.4 Å². The molecule has 0 aliphatic carbocycles. The molecule has 0 atom stereocenters. The first-order valence-corrected chi connectivity index (χ1v) is 8.22. The third-order valence-electron chi connectivity index (χ3n) is 3.53. The van der Waals surface area contributed by atoms with Crippen LogP contribution in [0.5, 0.6) is 0 Å². The number of nitrogens with one attached hydrogen (secondary N) is 1. The second-order valence-electron chi connectivity index (χ2n) is 5.08. The van der Waals surface area contributed by atoms with Gasteiger partial charge in [-0.15, -0.1) is 0 Å². The molecule has 0 spiro atoms. The average Bonchev–Trinajstić information content (AvgIpc) is 3.09. The third kappa shape index (κ3) is 3.62. The van der Waals surface area contributed by atoms with E-state index < -0.39 is 0 Å². The summed E-state index contributed by atoms with van der Waals surface area (Å²) in [5.74, 6) is -0.0187. The lowest BCUT2D eigenvalue weighted by Crippen LogP contribution is -2.25. The van der Waals surface area contributed by atoms with E-state index in [4.69, 9.17) is 0 Å². The summed E-state index contributed by atoms with van der Waals surface area (Å²) < 4.78 is 0. The van der Waals surface area contributed by atoms with Gasteiger partial charge in [0.25, 0.3) is 5.91 Å². The quantitative estimate of drug-likeness (QED) is 0.744. The molecule has 0 saturated heterocycles. The smallest absolute Gasteiger partial charge is 0.251 e. The summed E-state index contributed by atoms with van der Waals surface area (Å²) >= 11 is 1.68. The van der Waals surface area contributed by atoms with Crippen molar-refractivity contribution in [2.24, 2.45) is 0 Å². The van der Waals surface area contributed by atoms with E-state index >= 15 is 0 Å². The van der Waals surface area contributed by atoms with Crippen molar-refractivity contribution in [3.8, 4) is 11.1 Å². The lowest BCUT2D eigenvalue weighted by Gasteiger charge is -2.06. The van der Waals surface area contributed by atoms with E-state index in [1.165, 1.54) is 5.56 Å². The summed E-state index contributed by atoms with van der Waals surface area (Å²) in [6.45, 7) is 0.663. The van der Waals surface area contributed by atoms with E-state index in [2.05, 4.69) is 34.3 Å². The Morgan fingerprint density at radius 2 is 1.64 bits per heavy atom. The lowest BCUT2D eigenvalue weighted by atomic mass is 10.0. The fourth-order valence-electron chi connectivity index (χ4n) is 2.30. The second-order valence-corrected chi connectivity index (χ2v) is 5.86. The van der Waals surface area contributed by atoms with Crippen molar-refractivity contribution in [3.05, 3.63) is 82.6 Å². The highest BCUT2D eigenvalue weighted by molar-refractivity contribution is 7.07. The highest BCUT2D eigenvalue weighted by Gasteiger charge is 2.05. The molecule has 110 valence electrons. The van der Waals surface area contributed by atoms with Crippen molar-refractivity contribution < 1.29 is 4.79 Å². The van der Waals surface area contributed by atoms with Crippen LogP contribution in [-0.4, -0.2) is 12.5 Å². The van der Waals surface area contributed by atoms with Crippen LogP contribution in [0.4, 0.5) is 0 Å². The zero-order valence-corrected chi connectivity index (χ0v) is 13.0. The summed E-state index contributed by atoms with van der Waals surface area (Å²) in [5, 5.41) is 7.13. The Balaban J connectivity index is 1.59. The van der Waals surface area contributed by atoms with E-state index in [-0.39, 0.29) is 5.91 Å². The maximum atomic E-state index is 12.1. The normalized spacial score (nSPS) is 10.4. The number of carbonyl (C=O) groups excluding carboxylic acids is 1. The molecule has 3 heteroatoms. The molecule has 0 saturated carbocycles. The number of thiophene rings is 1. The van der Waals surface area contributed by atoms with Crippen molar-refractivity contribution in [1.82, 2.24) is 5.32 Å². The van der Waals surface area contributed by atoms with Crippen LogP contribution in [0.25, 0.3) is 11.1 Å². The number of hydrogen-bond donors (Lipinski definition) is 1. The molecule has 1 N–H and O–H groups in total. The van der Waals surface area contributed by atoms with Gasteiger partial charge in [-0.2, -0.15) is 11.3 Å². The fourth-order valence-corrected chi connectivity index (χ4v) is 3.01. The van der Waals surface area contributed by atoms with E-state index in [9.17, 15) is 4.79 Å². The summed E-state index contributed by atoms with van der Waals surface area (Å²) in [4.78, 5) is 12.1.